The fourth-order valence-corrected chi connectivity index (χ4v) is 3.40. The Labute approximate surface area is 97.3 Å². The van der Waals surface area contributed by atoms with Gasteiger partial charge in [-0.15, -0.1) is 0 Å². The number of amidine groups is 1. The minimum atomic E-state index is 0.675. The predicted octanol–water partition coefficient (Wildman–Crippen LogP) is 3.04. The highest BCUT2D eigenvalue weighted by Gasteiger charge is 2.17. The molecule has 0 bridgehead atoms. The molecule has 2 nitrogen and oxygen atoms in total. The van der Waals surface area contributed by atoms with Crippen molar-refractivity contribution < 1.29 is 0 Å². The topological polar surface area (TPSA) is 24.4 Å². The second-order valence-electron chi connectivity index (χ2n) is 4.68. The lowest BCUT2D eigenvalue weighted by Gasteiger charge is -2.24. The van der Waals surface area contributed by atoms with Gasteiger partial charge in [0.05, 0.1) is 0 Å². The SMILES string of the molecule is CCC1CCSC(=NCC2CCCC2)N1. The van der Waals surface area contributed by atoms with Crippen LogP contribution >= 0.6 is 11.8 Å². The molecule has 1 atom stereocenters. The minimum absolute atomic E-state index is 0.675. The highest BCUT2D eigenvalue weighted by Crippen LogP contribution is 2.25. The van der Waals surface area contributed by atoms with E-state index in [1.807, 2.05) is 11.8 Å². The van der Waals surface area contributed by atoms with Crippen LogP contribution in [0.25, 0.3) is 0 Å². The van der Waals surface area contributed by atoms with Crippen LogP contribution in [0.2, 0.25) is 0 Å². The summed E-state index contributed by atoms with van der Waals surface area (Å²) in [6.45, 7) is 3.31. The molecule has 2 fully saturated rings. The Morgan fingerprint density at radius 1 is 1.33 bits per heavy atom. The monoisotopic (exact) mass is 226 g/mol. The van der Waals surface area contributed by atoms with Crippen LogP contribution in [0.3, 0.4) is 0 Å². The van der Waals surface area contributed by atoms with Gasteiger partial charge in [0.15, 0.2) is 5.17 Å². The van der Waals surface area contributed by atoms with Crippen molar-refractivity contribution in [2.75, 3.05) is 12.3 Å². The lowest BCUT2D eigenvalue weighted by atomic mass is 10.1. The summed E-state index contributed by atoms with van der Waals surface area (Å²) in [4.78, 5) is 4.73. The van der Waals surface area contributed by atoms with Crippen molar-refractivity contribution in [3.8, 4) is 0 Å². The Balaban J connectivity index is 1.78. The van der Waals surface area contributed by atoms with Gasteiger partial charge < -0.3 is 5.32 Å². The fraction of sp³-hybridized carbons (Fsp3) is 0.917. The van der Waals surface area contributed by atoms with Crippen molar-refractivity contribution in [1.82, 2.24) is 5.32 Å². The number of rotatable bonds is 3. The third-order valence-corrected chi connectivity index (χ3v) is 4.45. The molecular weight excluding hydrogens is 204 g/mol. The van der Waals surface area contributed by atoms with Crippen LogP contribution in [0.15, 0.2) is 4.99 Å². The van der Waals surface area contributed by atoms with Crippen LogP contribution in [0, 0.1) is 5.92 Å². The summed E-state index contributed by atoms with van der Waals surface area (Å²) in [7, 11) is 0. The maximum Gasteiger partial charge on any atom is 0.156 e. The van der Waals surface area contributed by atoms with Crippen LogP contribution in [0.5, 0.6) is 0 Å². The normalized spacial score (nSPS) is 30.7. The number of aliphatic imine (C=N–C) groups is 1. The first-order chi connectivity index (χ1) is 7.38. The van der Waals surface area contributed by atoms with Crippen LogP contribution in [-0.2, 0) is 0 Å². The van der Waals surface area contributed by atoms with E-state index in [1.54, 1.807) is 0 Å². The van der Waals surface area contributed by atoms with E-state index in [-0.39, 0.29) is 0 Å². The zero-order chi connectivity index (χ0) is 10.5. The van der Waals surface area contributed by atoms with Gasteiger partial charge in [0, 0.05) is 18.3 Å². The van der Waals surface area contributed by atoms with Crippen molar-refractivity contribution in [3.63, 3.8) is 0 Å². The van der Waals surface area contributed by atoms with Crippen molar-refractivity contribution in [2.45, 2.75) is 51.5 Å². The smallest absolute Gasteiger partial charge is 0.156 e. The summed E-state index contributed by atoms with van der Waals surface area (Å²) in [5, 5.41) is 4.75. The van der Waals surface area contributed by atoms with Crippen molar-refractivity contribution in [1.29, 1.82) is 0 Å². The molecule has 3 heteroatoms. The van der Waals surface area contributed by atoms with Crippen LogP contribution in [0.4, 0.5) is 0 Å². The number of nitrogens with zero attached hydrogens (tertiary/aromatic N) is 1. The Morgan fingerprint density at radius 2 is 2.13 bits per heavy atom. The lowest BCUT2D eigenvalue weighted by Crippen LogP contribution is -2.37. The number of thioether (sulfide) groups is 1. The Bertz CT molecular complexity index is 222. The molecule has 1 heterocycles. The zero-order valence-electron chi connectivity index (χ0n) is 9.67. The van der Waals surface area contributed by atoms with Crippen molar-refractivity contribution in [3.05, 3.63) is 0 Å². The van der Waals surface area contributed by atoms with E-state index in [2.05, 4.69) is 12.2 Å². The zero-order valence-corrected chi connectivity index (χ0v) is 10.5. The second kappa shape index (κ2) is 5.78. The molecule has 0 radical (unpaired) electrons. The van der Waals surface area contributed by atoms with Crippen LogP contribution < -0.4 is 5.32 Å². The molecule has 86 valence electrons. The Hall–Kier alpha value is -0.180. The van der Waals surface area contributed by atoms with E-state index in [1.165, 1.54) is 49.4 Å². The summed E-state index contributed by atoms with van der Waals surface area (Å²) in [5.74, 6) is 2.12. The van der Waals surface area contributed by atoms with Crippen molar-refractivity contribution >= 4 is 16.9 Å². The third-order valence-electron chi connectivity index (χ3n) is 3.49. The van der Waals surface area contributed by atoms with E-state index >= 15 is 0 Å². The molecule has 15 heavy (non-hydrogen) atoms. The highest BCUT2D eigenvalue weighted by molar-refractivity contribution is 8.13. The molecule has 2 rings (SSSR count). The maximum atomic E-state index is 4.73. The van der Waals surface area contributed by atoms with E-state index in [0.29, 0.717) is 6.04 Å². The first kappa shape index (κ1) is 11.3. The molecule has 1 aliphatic carbocycles. The summed E-state index contributed by atoms with van der Waals surface area (Å²) in [6.07, 6.45) is 8.17. The molecule has 1 N–H and O–H groups in total. The average molecular weight is 226 g/mol. The fourth-order valence-electron chi connectivity index (χ4n) is 2.39. The molecule has 0 amide bonds. The van der Waals surface area contributed by atoms with Gasteiger partial charge in [0.2, 0.25) is 0 Å². The molecule has 1 unspecified atom stereocenters. The molecular formula is C12H22N2S. The Morgan fingerprint density at radius 3 is 2.87 bits per heavy atom. The average Bonchev–Trinajstić information content (AvgIpc) is 2.79. The molecule has 2 aliphatic rings. The number of nitrogens with one attached hydrogen (secondary N) is 1. The quantitative estimate of drug-likeness (QED) is 0.800. The minimum Gasteiger partial charge on any atom is -0.362 e. The van der Waals surface area contributed by atoms with Gasteiger partial charge in [-0.1, -0.05) is 31.5 Å². The molecule has 0 aromatic carbocycles. The predicted molar refractivity (Wildman–Crippen MR) is 68.5 cm³/mol. The summed E-state index contributed by atoms with van der Waals surface area (Å²) >= 11 is 1.90. The van der Waals surface area contributed by atoms with Crippen molar-refractivity contribution in [2.24, 2.45) is 10.9 Å². The molecule has 1 aliphatic heterocycles. The molecule has 1 saturated carbocycles. The van der Waals surface area contributed by atoms with E-state index < -0.39 is 0 Å². The first-order valence-electron chi connectivity index (χ1n) is 6.32. The van der Waals surface area contributed by atoms with Gasteiger partial charge in [-0.3, -0.25) is 4.99 Å². The first-order valence-corrected chi connectivity index (χ1v) is 7.31. The van der Waals surface area contributed by atoms with Crippen LogP contribution in [0.1, 0.15) is 45.4 Å². The van der Waals surface area contributed by atoms with Gasteiger partial charge in [-0.05, 0) is 31.6 Å². The second-order valence-corrected chi connectivity index (χ2v) is 5.77. The van der Waals surface area contributed by atoms with E-state index in [0.717, 1.165) is 12.5 Å². The summed E-state index contributed by atoms with van der Waals surface area (Å²) in [5.41, 5.74) is 0. The van der Waals surface area contributed by atoms with Gasteiger partial charge in [-0.2, -0.15) is 0 Å². The standard InChI is InChI=1S/C12H22N2S/c1-2-11-7-8-15-12(14-11)13-9-10-5-3-4-6-10/h10-11H,2-9H2,1H3,(H,13,14). The molecule has 0 aromatic heterocycles. The van der Waals surface area contributed by atoms with Gasteiger partial charge in [-0.25, -0.2) is 0 Å². The molecule has 1 saturated heterocycles. The van der Waals surface area contributed by atoms with E-state index in [4.69, 9.17) is 4.99 Å². The molecule has 0 aromatic rings. The van der Waals surface area contributed by atoms with Gasteiger partial charge >= 0.3 is 0 Å². The van der Waals surface area contributed by atoms with E-state index in [9.17, 15) is 0 Å². The Kier molecular flexibility index (Phi) is 4.36. The summed E-state index contributed by atoms with van der Waals surface area (Å²) < 4.78 is 0. The third kappa shape index (κ3) is 3.40. The highest BCUT2D eigenvalue weighted by atomic mass is 32.2. The maximum absolute atomic E-state index is 4.73. The number of hydrogen-bond donors (Lipinski definition) is 1. The van der Waals surface area contributed by atoms with Crippen LogP contribution in [-0.4, -0.2) is 23.5 Å². The summed E-state index contributed by atoms with van der Waals surface area (Å²) in [6, 6.07) is 0.675. The lowest BCUT2D eigenvalue weighted by molar-refractivity contribution is 0.550. The van der Waals surface area contributed by atoms with Gasteiger partial charge in [0.25, 0.3) is 0 Å². The largest absolute Gasteiger partial charge is 0.362 e. The van der Waals surface area contributed by atoms with Gasteiger partial charge in [0.1, 0.15) is 0 Å². The molecule has 0 spiro atoms. The number of hydrogen-bond acceptors (Lipinski definition) is 2.